The fourth-order valence-corrected chi connectivity index (χ4v) is 2.87. The summed E-state index contributed by atoms with van der Waals surface area (Å²) in [5, 5.41) is 6.86. The topological polar surface area (TPSA) is 24.1 Å². The van der Waals surface area contributed by atoms with E-state index in [1.807, 2.05) is 18.2 Å². The standard InChI is InChI=1S/C22H24N2/c1-17-8-13-22(18(2)16-17)19-9-11-21(12-10-19)24-15-14-23-20-6-4-3-5-7-20/h3-13,16,23-24H,14-15H2,1-2H3. The zero-order chi connectivity index (χ0) is 16.8. The van der Waals surface area contributed by atoms with E-state index in [0.717, 1.165) is 24.5 Å². The maximum absolute atomic E-state index is 3.45. The molecule has 24 heavy (non-hydrogen) atoms. The summed E-state index contributed by atoms with van der Waals surface area (Å²) in [5.41, 5.74) is 7.50. The van der Waals surface area contributed by atoms with Gasteiger partial charge in [0.15, 0.2) is 0 Å². The molecule has 0 saturated carbocycles. The second kappa shape index (κ2) is 7.69. The SMILES string of the molecule is Cc1ccc(-c2ccc(NCCNc3ccccc3)cc2)c(C)c1. The Morgan fingerprint density at radius 2 is 1.29 bits per heavy atom. The van der Waals surface area contributed by atoms with Gasteiger partial charge in [0.2, 0.25) is 0 Å². The molecule has 0 saturated heterocycles. The molecule has 0 aliphatic heterocycles. The Hall–Kier alpha value is -2.74. The third-order valence-corrected chi connectivity index (χ3v) is 4.13. The van der Waals surface area contributed by atoms with Crippen molar-refractivity contribution < 1.29 is 0 Å². The van der Waals surface area contributed by atoms with Crippen molar-refractivity contribution in [1.82, 2.24) is 0 Å². The molecule has 0 heterocycles. The molecule has 3 rings (SSSR count). The van der Waals surface area contributed by atoms with Crippen LogP contribution in [0.1, 0.15) is 11.1 Å². The average molecular weight is 316 g/mol. The van der Waals surface area contributed by atoms with Crippen LogP contribution >= 0.6 is 0 Å². The monoisotopic (exact) mass is 316 g/mol. The summed E-state index contributed by atoms with van der Waals surface area (Å²) >= 11 is 0. The fraction of sp³-hybridized carbons (Fsp3) is 0.182. The van der Waals surface area contributed by atoms with Crippen molar-refractivity contribution in [3.05, 3.63) is 83.9 Å². The number of hydrogen-bond donors (Lipinski definition) is 2. The van der Waals surface area contributed by atoms with E-state index in [1.165, 1.54) is 22.3 Å². The summed E-state index contributed by atoms with van der Waals surface area (Å²) in [5.74, 6) is 0. The molecule has 122 valence electrons. The molecule has 2 heteroatoms. The second-order valence-electron chi connectivity index (χ2n) is 6.12. The van der Waals surface area contributed by atoms with Crippen LogP contribution in [0, 0.1) is 13.8 Å². The predicted molar refractivity (Wildman–Crippen MR) is 105 cm³/mol. The molecule has 3 aromatic rings. The number of aryl methyl sites for hydroxylation is 2. The first kappa shape index (κ1) is 16.1. The number of benzene rings is 3. The van der Waals surface area contributed by atoms with Crippen molar-refractivity contribution in [3.8, 4) is 11.1 Å². The van der Waals surface area contributed by atoms with E-state index in [9.17, 15) is 0 Å². The molecule has 0 bridgehead atoms. The molecule has 0 unspecified atom stereocenters. The minimum atomic E-state index is 0.887. The van der Waals surface area contributed by atoms with Gasteiger partial charge in [-0.2, -0.15) is 0 Å². The predicted octanol–water partition coefficient (Wildman–Crippen LogP) is 5.49. The Morgan fingerprint density at radius 3 is 1.92 bits per heavy atom. The van der Waals surface area contributed by atoms with E-state index in [4.69, 9.17) is 0 Å². The molecule has 0 aliphatic rings. The first-order valence-corrected chi connectivity index (χ1v) is 8.43. The van der Waals surface area contributed by atoms with Gasteiger partial charge in [-0.25, -0.2) is 0 Å². The Bertz CT molecular complexity index is 777. The fourth-order valence-electron chi connectivity index (χ4n) is 2.87. The van der Waals surface area contributed by atoms with E-state index in [1.54, 1.807) is 0 Å². The Kier molecular flexibility index (Phi) is 5.17. The van der Waals surface area contributed by atoms with Crippen LogP contribution in [-0.4, -0.2) is 13.1 Å². The van der Waals surface area contributed by atoms with Gasteiger partial charge < -0.3 is 10.6 Å². The molecule has 0 fully saturated rings. The number of nitrogens with one attached hydrogen (secondary N) is 2. The van der Waals surface area contributed by atoms with Crippen LogP contribution in [0.5, 0.6) is 0 Å². The third-order valence-electron chi connectivity index (χ3n) is 4.13. The van der Waals surface area contributed by atoms with E-state index in [2.05, 4.69) is 79.1 Å². The van der Waals surface area contributed by atoms with Crippen LogP contribution in [0.2, 0.25) is 0 Å². The van der Waals surface area contributed by atoms with Crippen LogP contribution < -0.4 is 10.6 Å². The molecule has 2 N–H and O–H groups in total. The quantitative estimate of drug-likeness (QED) is 0.587. The molecule has 0 aromatic heterocycles. The highest BCUT2D eigenvalue weighted by molar-refractivity contribution is 5.69. The van der Waals surface area contributed by atoms with E-state index < -0.39 is 0 Å². The zero-order valence-electron chi connectivity index (χ0n) is 14.3. The summed E-state index contributed by atoms with van der Waals surface area (Å²) in [6, 6.07) is 25.6. The summed E-state index contributed by atoms with van der Waals surface area (Å²) < 4.78 is 0. The molecule has 3 aromatic carbocycles. The van der Waals surface area contributed by atoms with Gasteiger partial charge in [-0.1, -0.05) is 54.1 Å². The normalized spacial score (nSPS) is 10.4. The summed E-state index contributed by atoms with van der Waals surface area (Å²) in [4.78, 5) is 0. The molecule has 0 amide bonds. The van der Waals surface area contributed by atoms with Gasteiger partial charge in [-0.15, -0.1) is 0 Å². The highest BCUT2D eigenvalue weighted by Crippen LogP contribution is 2.25. The number of hydrogen-bond acceptors (Lipinski definition) is 2. The summed E-state index contributed by atoms with van der Waals surface area (Å²) in [7, 11) is 0. The van der Waals surface area contributed by atoms with Crippen LogP contribution in [0.4, 0.5) is 11.4 Å². The average Bonchev–Trinajstić information content (AvgIpc) is 2.60. The number of para-hydroxylation sites is 1. The molecule has 0 atom stereocenters. The maximum atomic E-state index is 3.45. The van der Waals surface area contributed by atoms with Gasteiger partial charge in [-0.3, -0.25) is 0 Å². The third kappa shape index (κ3) is 4.17. The van der Waals surface area contributed by atoms with Gasteiger partial charge in [0.25, 0.3) is 0 Å². The molecular weight excluding hydrogens is 292 g/mol. The van der Waals surface area contributed by atoms with Crippen molar-refractivity contribution >= 4 is 11.4 Å². The molecule has 0 spiro atoms. The summed E-state index contributed by atoms with van der Waals surface area (Å²) in [6.07, 6.45) is 0. The lowest BCUT2D eigenvalue weighted by Gasteiger charge is -2.11. The number of rotatable bonds is 6. The molecule has 0 aliphatic carbocycles. The summed E-state index contributed by atoms with van der Waals surface area (Å²) in [6.45, 7) is 6.08. The Balaban J connectivity index is 1.55. The van der Waals surface area contributed by atoms with Gasteiger partial charge in [0.05, 0.1) is 0 Å². The van der Waals surface area contributed by atoms with Gasteiger partial charge in [-0.05, 0) is 54.8 Å². The molecule has 2 nitrogen and oxygen atoms in total. The van der Waals surface area contributed by atoms with E-state index in [0.29, 0.717) is 0 Å². The van der Waals surface area contributed by atoms with E-state index in [-0.39, 0.29) is 0 Å². The van der Waals surface area contributed by atoms with Gasteiger partial charge in [0.1, 0.15) is 0 Å². The van der Waals surface area contributed by atoms with Crippen LogP contribution in [-0.2, 0) is 0 Å². The first-order chi connectivity index (χ1) is 11.7. The van der Waals surface area contributed by atoms with Gasteiger partial charge in [0, 0.05) is 24.5 Å². The van der Waals surface area contributed by atoms with Crippen molar-refractivity contribution in [2.45, 2.75) is 13.8 Å². The first-order valence-electron chi connectivity index (χ1n) is 8.43. The lowest BCUT2D eigenvalue weighted by Crippen LogP contribution is -2.13. The minimum Gasteiger partial charge on any atom is -0.383 e. The second-order valence-corrected chi connectivity index (χ2v) is 6.12. The molecular formula is C22H24N2. The minimum absolute atomic E-state index is 0.887. The van der Waals surface area contributed by atoms with Crippen LogP contribution in [0.3, 0.4) is 0 Å². The van der Waals surface area contributed by atoms with E-state index >= 15 is 0 Å². The van der Waals surface area contributed by atoms with Crippen LogP contribution in [0.15, 0.2) is 72.8 Å². The Morgan fingerprint density at radius 1 is 0.667 bits per heavy atom. The largest absolute Gasteiger partial charge is 0.383 e. The van der Waals surface area contributed by atoms with Crippen molar-refractivity contribution in [2.75, 3.05) is 23.7 Å². The molecule has 0 radical (unpaired) electrons. The number of anilines is 2. The Labute approximate surface area is 144 Å². The highest BCUT2D eigenvalue weighted by atomic mass is 14.9. The maximum Gasteiger partial charge on any atom is 0.0341 e. The lowest BCUT2D eigenvalue weighted by atomic mass is 9.99. The van der Waals surface area contributed by atoms with Gasteiger partial charge >= 0.3 is 0 Å². The lowest BCUT2D eigenvalue weighted by molar-refractivity contribution is 1.08. The van der Waals surface area contributed by atoms with Crippen molar-refractivity contribution in [2.24, 2.45) is 0 Å². The van der Waals surface area contributed by atoms with Crippen molar-refractivity contribution in [3.63, 3.8) is 0 Å². The van der Waals surface area contributed by atoms with Crippen molar-refractivity contribution in [1.29, 1.82) is 0 Å². The smallest absolute Gasteiger partial charge is 0.0341 e. The zero-order valence-corrected chi connectivity index (χ0v) is 14.3. The highest BCUT2D eigenvalue weighted by Gasteiger charge is 2.02. The van der Waals surface area contributed by atoms with Crippen LogP contribution in [0.25, 0.3) is 11.1 Å².